The number of aryl methyl sites for hydroxylation is 2. The summed E-state index contributed by atoms with van der Waals surface area (Å²) in [4.78, 5) is 0. The van der Waals surface area contributed by atoms with Crippen molar-refractivity contribution in [2.45, 2.75) is 52.5 Å². The van der Waals surface area contributed by atoms with Crippen LogP contribution in [0.3, 0.4) is 0 Å². The summed E-state index contributed by atoms with van der Waals surface area (Å²) in [6.45, 7) is 9.93. The van der Waals surface area contributed by atoms with Crippen LogP contribution >= 0.6 is 0 Å². The van der Waals surface area contributed by atoms with Crippen molar-refractivity contribution in [3.05, 3.63) is 41.1 Å². The van der Waals surface area contributed by atoms with E-state index in [1.807, 2.05) is 0 Å². The van der Waals surface area contributed by atoms with E-state index in [1.165, 1.54) is 28.1 Å². The molecule has 0 bridgehead atoms. The van der Waals surface area contributed by atoms with Crippen LogP contribution in [0.15, 0.2) is 24.3 Å². The lowest BCUT2D eigenvalue weighted by atomic mass is 9.92. The Balaban J connectivity index is 2.13. The molecule has 2 aromatic rings. The first kappa shape index (κ1) is 12.5. The summed E-state index contributed by atoms with van der Waals surface area (Å²) in [6.07, 6.45) is 1.10. The number of fused-ring (bicyclic) bond motifs is 3. The van der Waals surface area contributed by atoms with E-state index in [0.717, 1.165) is 13.0 Å². The third kappa shape index (κ3) is 2.09. The van der Waals surface area contributed by atoms with Crippen LogP contribution in [0.2, 0.25) is 0 Å². The first-order chi connectivity index (χ1) is 9.06. The van der Waals surface area contributed by atoms with E-state index in [-0.39, 0.29) is 0 Å². The third-order valence-corrected chi connectivity index (χ3v) is 4.06. The molecule has 1 aromatic heterocycles. The Labute approximate surface area is 115 Å². The molecular weight excluding hydrogens is 232 g/mol. The monoisotopic (exact) mass is 254 g/mol. The lowest BCUT2D eigenvalue weighted by Gasteiger charge is -2.19. The maximum absolute atomic E-state index is 4.74. The average molecular weight is 254 g/mol. The number of hydrogen-bond donors (Lipinski definition) is 0. The third-order valence-electron chi connectivity index (χ3n) is 4.06. The number of aromatic nitrogens is 2. The molecule has 0 spiro atoms. The highest BCUT2D eigenvalue weighted by Gasteiger charge is 2.20. The van der Waals surface area contributed by atoms with Crippen molar-refractivity contribution < 1.29 is 0 Å². The zero-order valence-corrected chi connectivity index (χ0v) is 12.3. The fraction of sp³-hybridized carbons (Fsp3) is 0.471. The van der Waals surface area contributed by atoms with Gasteiger partial charge in [-0.1, -0.05) is 39.8 Å². The predicted octanol–water partition coefficient (Wildman–Crippen LogP) is 4.35. The molecule has 2 heteroatoms. The summed E-state index contributed by atoms with van der Waals surface area (Å²) in [6, 6.07) is 9.21. The highest BCUT2D eigenvalue weighted by molar-refractivity contribution is 5.67. The van der Waals surface area contributed by atoms with Gasteiger partial charge in [0.2, 0.25) is 0 Å². The van der Waals surface area contributed by atoms with E-state index in [2.05, 4.69) is 56.6 Å². The lowest BCUT2D eigenvalue weighted by molar-refractivity contribution is 0.591. The van der Waals surface area contributed by atoms with Crippen LogP contribution in [0.5, 0.6) is 0 Å². The molecule has 1 aliphatic rings. The van der Waals surface area contributed by atoms with Crippen molar-refractivity contribution in [1.82, 2.24) is 9.78 Å². The molecule has 0 unspecified atom stereocenters. The summed E-state index contributed by atoms with van der Waals surface area (Å²) in [7, 11) is 0. The standard InChI is InChI=1S/C17H22N2/c1-11(2)14-6-5-13-7-8-19-17(15(13)9-14)10-16(18-19)12(3)4/h5-6,9-12H,7-8H2,1-4H3. The first-order valence-corrected chi connectivity index (χ1v) is 7.27. The van der Waals surface area contributed by atoms with Crippen LogP contribution in [0.25, 0.3) is 11.3 Å². The van der Waals surface area contributed by atoms with Gasteiger partial charge in [0.25, 0.3) is 0 Å². The molecule has 2 nitrogen and oxygen atoms in total. The van der Waals surface area contributed by atoms with Gasteiger partial charge < -0.3 is 0 Å². The minimum atomic E-state index is 0.495. The quantitative estimate of drug-likeness (QED) is 0.779. The van der Waals surface area contributed by atoms with Crippen molar-refractivity contribution >= 4 is 0 Å². The van der Waals surface area contributed by atoms with E-state index in [4.69, 9.17) is 5.10 Å². The number of benzene rings is 1. The Bertz CT molecular complexity index is 606. The molecule has 3 rings (SSSR count). The number of hydrogen-bond acceptors (Lipinski definition) is 1. The maximum Gasteiger partial charge on any atom is 0.0688 e. The van der Waals surface area contributed by atoms with Crippen molar-refractivity contribution in [3.63, 3.8) is 0 Å². The Morgan fingerprint density at radius 3 is 2.53 bits per heavy atom. The summed E-state index contributed by atoms with van der Waals surface area (Å²) in [5.41, 5.74) is 6.77. The Hall–Kier alpha value is -1.57. The van der Waals surface area contributed by atoms with Crippen LogP contribution < -0.4 is 0 Å². The van der Waals surface area contributed by atoms with Gasteiger partial charge in [-0.2, -0.15) is 5.10 Å². The van der Waals surface area contributed by atoms with Gasteiger partial charge in [-0.05, 0) is 41.5 Å². The van der Waals surface area contributed by atoms with Gasteiger partial charge in [0.1, 0.15) is 0 Å². The maximum atomic E-state index is 4.74. The highest BCUT2D eigenvalue weighted by atomic mass is 15.3. The van der Waals surface area contributed by atoms with E-state index in [0.29, 0.717) is 11.8 Å². The van der Waals surface area contributed by atoms with E-state index in [9.17, 15) is 0 Å². The molecule has 0 saturated carbocycles. The predicted molar refractivity (Wildman–Crippen MR) is 79.5 cm³/mol. The van der Waals surface area contributed by atoms with Gasteiger partial charge in [-0.3, -0.25) is 4.68 Å². The Kier molecular flexibility index (Phi) is 2.96. The molecule has 1 aromatic carbocycles. The summed E-state index contributed by atoms with van der Waals surface area (Å²) >= 11 is 0. The zero-order valence-electron chi connectivity index (χ0n) is 12.3. The molecule has 0 atom stereocenters. The van der Waals surface area contributed by atoms with Crippen LogP contribution in [-0.2, 0) is 13.0 Å². The number of rotatable bonds is 2. The second-order valence-corrected chi connectivity index (χ2v) is 6.15. The molecular formula is C17H22N2. The minimum Gasteiger partial charge on any atom is -0.264 e. The molecule has 2 heterocycles. The summed E-state index contributed by atoms with van der Waals surface area (Å²) in [5.74, 6) is 1.07. The van der Waals surface area contributed by atoms with Gasteiger partial charge in [0, 0.05) is 12.1 Å². The largest absolute Gasteiger partial charge is 0.264 e. The van der Waals surface area contributed by atoms with E-state index >= 15 is 0 Å². The molecule has 100 valence electrons. The van der Waals surface area contributed by atoms with Crippen LogP contribution in [0.4, 0.5) is 0 Å². The van der Waals surface area contributed by atoms with Crippen LogP contribution in [-0.4, -0.2) is 9.78 Å². The average Bonchev–Trinajstić information content (AvgIpc) is 2.82. The van der Waals surface area contributed by atoms with Crippen molar-refractivity contribution in [3.8, 4) is 11.3 Å². The van der Waals surface area contributed by atoms with Gasteiger partial charge in [-0.25, -0.2) is 0 Å². The fourth-order valence-corrected chi connectivity index (χ4v) is 2.74. The summed E-state index contributed by atoms with van der Waals surface area (Å²) in [5, 5.41) is 4.74. The van der Waals surface area contributed by atoms with Crippen molar-refractivity contribution in [2.75, 3.05) is 0 Å². The molecule has 0 N–H and O–H groups in total. The SMILES string of the molecule is CC(C)c1ccc2c(c1)-c1cc(C(C)C)nn1CC2. The van der Waals surface area contributed by atoms with Gasteiger partial charge in [-0.15, -0.1) is 0 Å². The van der Waals surface area contributed by atoms with Crippen LogP contribution in [0, 0.1) is 0 Å². The fourth-order valence-electron chi connectivity index (χ4n) is 2.74. The highest BCUT2D eigenvalue weighted by Crippen LogP contribution is 2.33. The first-order valence-electron chi connectivity index (χ1n) is 7.27. The van der Waals surface area contributed by atoms with E-state index < -0.39 is 0 Å². The number of nitrogens with zero attached hydrogens (tertiary/aromatic N) is 2. The summed E-state index contributed by atoms with van der Waals surface area (Å²) < 4.78 is 2.18. The van der Waals surface area contributed by atoms with Crippen molar-refractivity contribution in [1.29, 1.82) is 0 Å². The smallest absolute Gasteiger partial charge is 0.0688 e. The molecule has 0 saturated heterocycles. The van der Waals surface area contributed by atoms with Gasteiger partial charge in [0.05, 0.1) is 11.4 Å². The minimum absolute atomic E-state index is 0.495. The van der Waals surface area contributed by atoms with Gasteiger partial charge in [0.15, 0.2) is 0 Å². The van der Waals surface area contributed by atoms with Crippen LogP contribution in [0.1, 0.15) is 56.4 Å². The molecule has 0 fully saturated rings. The molecule has 1 aliphatic heterocycles. The second-order valence-electron chi connectivity index (χ2n) is 6.15. The normalized spacial score (nSPS) is 13.8. The van der Waals surface area contributed by atoms with Gasteiger partial charge >= 0.3 is 0 Å². The second kappa shape index (κ2) is 4.52. The molecule has 0 aliphatic carbocycles. The lowest BCUT2D eigenvalue weighted by Crippen LogP contribution is -2.12. The van der Waals surface area contributed by atoms with E-state index in [1.54, 1.807) is 0 Å². The van der Waals surface area contributed by atoms with Crippen molar-refractivity contribution in [2.24, 2.45) is 0 Å². The zero-order chi connectivity index (χ0) is 13.6. The topological polar surface area (TPSA) is 17.8 Å². The molecule has 0 amide bonds. The Morgan fingerprint density at radius 1 is 1.05 bits per heavy atom. The Morgan fingerprint density at radius 2 is 1.84 bits per heavy atom. The molecule has 0 radical (unpaired) electrons. The molecule has 19 heavy (non-hydrogen) atoms.